The van der Waals surface area contributed by atoms with Gasteiger partial charge in [0.05, 0.1) is 23.1 Å². The zero-order chi connectivity index (χ0) is 15.9. The van der Waals surface area contributed by atoms with E-state index in [1.54, 1.807) is 19.1 Å². The summed E-state index contributed by atoms with van der Waals surface area (Å²) in [4.78, 5) is 41.6. The number of amides is 2. The molecule has 3 rings (SSSR count). The maximum absolute atomic E-state index is 12.3. The number of hydrogen-bond donors (Lipinski definition) is 0. The summed E-state index contributed by atoms with van der Waals surface area (Å²) in [5.41, 5.74) is 1.18. The number of rotatable bonds is 3. The van der Waals surface area contributed by atoms with E-state index in [0.29, 0.717) is 23.7 Å². The zero-order valence-electron chi connectivity index (χ0n) is 12.1. The topological polar surface area (TPSA) is 72.9 Å². The van der Waals surface area contributed by atoms with E-state index in [0.717, 1.165) is 0 Å². The van der Waals surface area contributed by atoms with Crippen molar-refractivity contribution < 1.29 is 24.0 Å². The summed E-state index contributed by atoms with van der Waals surface area (Å²) in [6.07, 6.45) is 0.0298. The summed E-state index contributed by atoms with van der Waals surface area (Å²) in [5.74, 6) is -2.46. The smallest absolute Gasteiger partial charge is 0.339 e. The molecule has 6 heteroatoms. The van der Waals surface area contributed by atoms with Gasteiger partial charge in [-0.05, 0) is 25.5 Å². The van der Waals surface area contributed by atoms with Gasteiger partial charge < -0.3 is 9.57 Å². The number of imide groups is 1. The molecule has 2 aliphatic rings. The highest BCUT2D eigenvalue weighted by Gasteiger charge is 2.42. The van der Waals surface area contributed by atoms with Gasteiger partial charge in [0.25, 0.3) is 11.8 Å². The highest BCUT2D eigenvalue weighted by molar-refractivity contribution is 6.20. The summed E-state index contributed by atoms with van der Waals surface area (Å²) >= 11 is 0. The summed E-state index contributed by atoms with van der Waals surface area (Å²) in [6.45, 7) is 5.96. The number of carbonyl (C=O) groups excluding carboxylic acids is 3. The average Bonchev–Trinajstić information content (AvgIpc) is 3.08. The minimum Gasteiger partial charge on any atom is -0.373 e. The van der Waals surface area contributed by atoms with Crippen LogP contribution in [0.1, 0.15) is 34.1 Å². The Labute approximate surface area is 127 Å². The molecule has 114 valence electrons. The van der Waals surface area contributed by atoms with Crippen molar-refractivity contribution in [3.8, 4) is 0 Å². The second-order valence-corrected chi connectivity index (χ2v) is 5.39. The van der Waals surface area contributed by atoms with Crippen LogP contribution in [0.2, 0.25) is 0 Å². The van der Waals surface area contributed by atoms with Crippen molar-refractivity contribution in [1.29, 1.82) is 0 Å². The summed E-state index contributed by atoms with van der Waals surface area (Å²) in [7, 11) is 0. The predicted molar refractivity (Wildman–Crippen MR) is 75.7 cm³/mol. The molecule has 2 aliphatic heterocycles. The third-order valence-electron chi connectivity index (χ3n) is 3.82. The van der Waals surface area contributed by atoms with Gasteiger partial charge in [-0.1, -0.05) is 29.3 Å². The number of carbonyl (C=O) groups is 3. The van der Waals surface area contributed by atoms with E-state index < -0.39 is 29.8 Å². The Morgan fingerprint density at radius 2 is 1.86 bits per heavy atom. The van der Waals surface area contributed by atoms with Crippen LogP contribution in [0.4, 0.5) is 0 Å². The molecule has 0 aliphatic carbocycles. The Hall–Kier alpha value is -2.47. The first kappa shape index (κ1) is 14.5. The van der Waals surface area contributed by atoms with Crippen molar-refractivity contribution >= 4 is 17.8 Å². The van der Waals surface area contributed by atoms with Crippen LogP contribution in [0, 0.1) is 5.92 Å². The average molecular weight is 301 g/mol. The fourth-order valence-electron chi connectivity index (χ4n) is 2.72. The van der Waals surface area contributed by atoms with Crippen molar-refractivity contribution in [2.24, 2.45) is 5.92 Å². The van der Waals surface area contributed by atoms with E-state index in [1.807, 2.05) is 0 Å². The molecule has 0 aromatic heterocycles. The van der Waals surface area contributed by atoms with E-state index in [2.05, 4.69) is 6.58 Å². The Bertz CT molecular complexity index is 646. The number of hydroxylamine groups is 2. The van der Waals surface area contributed by atoms with Crippen LogP contribution in [0.25, 0.3) is 0 Å². The highest BCUT2D eigenvalue weighted by Crippen LogP contribution is 2.29. The van der Waals surface area contributed by atoms with Gasteiger partial charge >= 0.3 is 5.97 Å². The molecule has 0 unspecified atom stereocenters. The van der Waals surface area contributed by atoms with Crippen LogP contribution >= 0.6 is 0 Å². The van der Waals surface area contributed by atoms with Gasteiger partial charge in [0.1, 0.15) is 0 Å². The zero-order valence-corrected chi connectivity index (χ0v) is 12.1. The van der Waals surface area contributed by atoms with Crippen molar-refractivity contribution in [3.63, 3.8) is 0 Å². The van der Waals surface area contributed by atoms with E-state index in [4.69, 9.17) is 9.57 Å². The van der Waals surface area contributed by atoms with Crippen LogP contribution < -0.4 is 0 Å². The number of fused-ring (bicyclic) bond motifs is 1. The van der Waals surface area contributed by atoms with Gasteiger partial charge in [-0.2, -0.15) is 0 Å². The third kappa shape index (κ3) is 2.21. The van der Waals surface area contributed by atoms with Crippen LogP contribution in [-0.4, -0.2) is 35.6 Å². The molecule has 1 saturated heterocycles. The maximum Gasteiger partial charge on any atom is 0.339 e. The fraction of sp³-hybridized carbons (Fsp3) is 0.312. The Balaban J connectivity index is 1.77. The fourth-order valence-corrected chi connectivity index (χ4v) is 2.72. The Morgan fingerprint density at radius 3 is 2.41 bits per heavy atom. The molecule has 2 amide bonds. The first-order valence-corrected chi connectivity index (χ1v) is 6.97. The van der Waals surface area contributed by atoms with Gasteiger partial charge in [-0.15, -0.1) is 0 Å². The lowest BCUT2D eigenvalue weighted by Gasteiger charge is -2.19. The molecular formula is C16H15NO5. The molecule has 2 atom stereocenters. The molecule has 2 heterocycles. The van der Waals surface area contributed by atoms with Crippen molar-refractivity contribution in [3.05, 3.63) is 47.5 Å². The number of nitrogens with zero attached hydrogens (tertiary/aromatic N) is 1. The standard InChI is InChI=1S/C16H15NO5/c1-9(2)13-12(7-8-21-13)16(20)22-17-14(18)10-5-3-4-6-11(10)15(17)19/h3-6,12-13H,1,7-8H2,2H3/t12-,13-/m0/s1. The summed E-state index contributed by atoms with van der Waals surface area (Å²) < 4.78 is 5.44. The van der Waals surface area contributed by atoms with Gasteiger partial charge in [0.15, 0.2) is 0 Å². The first-order valence-electron chi connectivity index (χ1n) is 6.97. The predicted octanol–water partition coefficient (Wildman–Crippen LogP) is 1.72. The minimum atomic E-state index is -0.653. The molecular weight excluding hydrogens is 286 g/mol. The first-order chi connectivity index (χ1) is 10.5. The Kier molecular flexibility index (Phi) is 3.54. The second kappa shape index (κ2) is 5.38. The number of hydrogen-bond acceptors (Lipinski definition) is 5. The normalized spacial score (nSPS) is 23.6. The van der Waals surface area contributed by atoms with Crippen molar-refractivity contribution in [2.45, 2.75) is 19.4 Å². The van der Waals surface area contributed by atoms with Crippen LogP contribution in [0.3, 0.4) is 0 Å². The SMILES string of the molecule is C=C(C)[C@@H]1OCC[C@@H]1C(=O)ON1C(=O)c2ccccc2C1=O. The maximum atomic E-state index is 12.3. The van der Waals surface area contributed by atoms with Gasteiger partial charge in [-0.3, -0.25) is 9.59 Å². The molecule has 1 aromatic rings. The van der Waals surface area contributed by atoms with Crippen molar-refractivity contribution in [2.75, 3.05) is 6.61 Å². The molecule has 0 saturated carbocycles. The van der Waals surface area contributed by atoms with Gasteiger partial charge in [0.2, 0.25) is 0 Å². The number of benzene rings is 1. The molecule has 6 nitrogen and oxygen atoms in total. The van der Waals surface area contributed by atoms with E-state index >= 15 is 0 Å². The molecule has 22 heavy (non-hydrogen) atoms. The monoisotopic (exact) mass is 301 g/mol. The summed E-state index contributed by atoms with van der Waals surface area (Å²) in [6, 6.07) is 6.35. The molecule has 1 fully saturated rings. The number of ether oxygens (including phenoxy) is 1. The second-order valence-electron chi connectivity index (χ2n) is 5.39. The van der Waals surface area contributed by atoms with Crippen LogP contribution in [0.15, 0.2) is 36.4 Å². The summed E-state index contributed by atoms with van der Waals surface area (Å²) in [5, 5.41) is 0.529. The van der Waals surface area contributed by atoms with E-state index in [-0.39, 0.29) is 11.1 Å². The largest absolute Gasteiger partial charge is 0.373 e. The quantitative estimate of drug-likeness (QED) is 0.628. The molecule has 0 spiro atoms. The highest BCUT2D eigenvalue weighted by atomic mass is 16.7. The van der Waals surface area contributed by atoms with Gasteiger partial charge in [-0.25, -0.2) is 4.79 Å². The minimum absolute atomic E-state index is 0.236. The molecule has 0 bridgehead atoms. The lowest BCUT2D eigenvalue weighted by atomic mass is 9.97. The van der Waals surface area contributed by atoms with E-state index in [9.17, 15) is 14.4 Å². The molecule has 0 radical (unpaired) electrons. The lowest BCUT2D eigenvalue weighted by Crippen LogP contribution is -2.37. The Morgan fingerprint density at radius 1 is 1.27 bits per heavy atom. The third-order valence-corrected chi connectivity index (χ3v) is 3.82. The molecule has 1 aromatic carbocycles. The molecule has 0 N–H and O–H groups in total. The van der Waals surface area contributed by atoms with Crippen LogP contribution in [0.5, 0.6) is 0 Å². The van der Waals surface area contributed by atoms with Crippen LogP contribution in [-0.2, 0) is 14.4 Å². The van der Waals surface area contributed by atoms with Gasteiger partial charge in [0, 0.05) is 6.61 Å². The van der Waals surface area contributed by atoms with Crippen molar-refractivity contribution in [1.82, 2.24) is 5.06 Å². The lowest BCUT2D eigenvalue weighted by molar-refractivity contribution is -0.174. The van der Waals surface area contributed by atoms with E-state index in [1.165, 1.54) is 12.1 Å².